The third-order valence-corrected chi connectivity index (χ3v) is 4.28. The summed E-state index contributed by atoms with van der Waals surface area (Å²) >= 11 is 0. The molecule has 7 heteroatoms. The van der Waals surface area contributed by atoms with Gasteiger partial charge in [0.05, 0.1) is 12.7 Å². The first kappa shape index (κ1) is 14.1. The molecule has 0 saturated carbocycles. The molecule has 0 radical (unpaired) electrons. The fraction of sp³-hybridized carbons (Fsp3) is 0.500. The molecule has 19 heavy (non-hydrogen) atoms. The van der Waals surface area contributed by atoms with Crippen LogP contribution in [0.4, 0.5) is 5.69 Å². The minimum absolute atomic E-state index is 0.0443. The van der Waals surface area contributed by atoms with E-state index in [2.05, 4.69) is 4.72 Å². The summed E-state index contributed by atoms with van der Waals surface area (Å²) in [6.45, 7) is 1.95. The van der Waals surface area contributed by atoms with E-state index >= 15 is 0 Å². The highest BCUT2D eigenvalue weighted by Crippen LogP contribution is 2.34. The number of aryl methyl sites for hydroxylation is 1. The highest BCUT2D eigenvalue weighted by Gasteiger charge is 2.25. The molecule has 1 heterocycles. The van der Waals surface area contributed by atoms with Crippen LogP contribution in [-0.2, 0) is 16.4 Å². The summed E-state index contributed by atoms with van der Waals surface area (Å²) in [5.74, 6) is 0.374. The average Bonchev–Trinajstić information content (AvgIpc) is 2.35. The summed E-state index contributed by atoms with van der Waals surface area (Å²) in [5.41, 5.74) is 6.94. The molecule has 1 atom stereocenters. The van der Waals surface area contributed by atoms with Crippen molar-refractivity contribution in [3.05, 3.63) is 17.7 Å². The average molecular weight is 286 g/mol. The number of rotatable bonds is 4. The van der Waals surface area contributed by atoms with Gasteiger partial charge in [-0.05, 0) is 37.5 Å². The van der Waals surface area contributed by atoms with Crippen molar-refractivity contribution in [1.29, 1.82) is 0 Å². The first-order valence-corrected chi connectivity index (χ1v) is 7.61. The molecule has 6 nitrogen and oxygen atoms in total. The van der Waals surface area contributed by atoms with Crippen LogP contribution in [0, 0.1) is 0 Å². The molecule has 0 bridgehead atoms. The molecule has 0 aliphatic carbocycles. The number of nitrogen functional groups attached to an aromatic ring is 1. The summed E-state index contributed by atoms with van der Waals surface area (Å²) in [6, 6.07) is 3.12. The number of anilines is 1. The minimum Gasteiger partial charge on any atom is -0.492 e. The van der Waals surface area contributed by atoms with Crippen LogP contribution in [0.25, 0.3) is 0 Å². The van der Waals surface area contributed by atoms with Crippen LogP contribution in [0.2, 0.25) is 0 Å². The van der Waals surface area contributed by atoms with Crippen molar-refractivity contribution in [2.45, 2.75) is 30.8 Å². The van der Waals surface area contributed by atoms with Crippen molar-refractivity contribution in [2.24, 2.45) is 0 Å². The highest BCUT2D eigenvalue weighted by atomic mass is 32.2. The van der Waals surface area contributed by atoms with Crippen molar-refractivity contribution in [1.82, 2.24) is 4.72 Å². The van der Waals surface area contributed by atoms with Crippen LogP contribution in [0.3, 0.4) is 0 Å². The highest BCUT2D eigenvalue weighted by molar-refractivity contribution is 7.89. The Morgan fingerprint density at radius 3 is 2.95 bits per heavy atom. The zero-order valence-corrected chi connectivity index (χ0v) is 11.5. The Morgan fingerprint density at radius 1 is 1.53 bits per heavy atom. The van der Waals surface area contributed by atoms with Gasteiger partial charge < -0.3 is 15.6 Å². The van der Waals surface area contributed by atoms with E-state index in [4.69, 9.17) is 10.5 Å². The number of fused-ring (bicyclic) bond motifs is 1. The van der Waals surface area contributed by atoms with E-state index in [1.165, 1.54) is 13.0 Å². The van der Waals surface area contributed by atoms with E-state index in [1.807, 2.05) is 0 Å². The second-order valence-corrected chi connectivity index (χ2v) is 6.40. The van der Waals surface area contributed by atoms with Crippen molar-refractivity contribution in [3.63, 3.8) is 0 Å². The Labute approximate surface area is 112 Å². The fourth-order valence-electron chi connectivity index (χ4n) is 1.98. The van der Waals surface area contributed by atoms with Gasteiger partial charge in [-0.25, -0.2) is 13.1 Å². The van der Waals surface area contributed by atoms with Gasteiger partial charge in [-0.15, -0.1) is 0 Å². The van der Waals surface area contributed by atoms with Gasteiger partial charge in [-0.2, -0.15) is 0 Å². The molecule has 1 aliphatic heterocycles. The molecule has 0 saturated heterocycles. The third-order valence-electron chi connectivity index (χ3n) is 2.85. The van der Waals surface area contributed by atoms with Crippen molar-refractivity contribution in [2.75, 3.05) is 18.9 Å². The Hall–Kier alpha value is -1.31. The molecule has 0 amide bonds. The van der Waals surface area contributed by atoms with Crippen LogP contribution < -0.4 is 15.2 Å². The van der Waals surface area contributed by atoms with Crippen molar-refractivity contribution in [3.8, 4) is 5.75 Å². The summed E-state index contributed by atoms with van der Waals surface area (Å²) in [7, 11) is -3.73. The van der Waals surface area contributed by atoms with Gasteiger partial charge >= 0.3 is 0 Å². The van der Waals surface area contributed by atoms with E-state index in [0.29, 0.717) is 18.0 Å². The first-order chi connectivity index (χ1) is 8.90. The zero-order chi connectivity index (χ0) is 14.0. The van der Waals surface area contributed by atoms with Crippen molar-refractivity contribution < 1.29 is 18.3 Å². The van der Waals surface area contributed by atoms with Gasteiger partial charge in [0.15, 0.2) is 0 Å². The van der Waals surface area contributed by atoms with E-state index in [1.54, 1.807) is 6.07 Å². The Balaban J connectivity index is 2.41. The maximum absolute atomic E-state index is 12.2. The van der Waals surface area contributed by atoms with Crippen LogP contribution in [-0.4, -0.2) is 32.8 Å². The largest absolute Gasteiger partial charge is 0.492 e. The summed E-state index contributed by atoms with van der Waals surface area (Å²) in [5, 5.41) is 9.17. The number of aliphatic hydroxyl groups is 1. The predicted octanol–water partition coefficient (Wildman–Crippen LogP) is 0.253. The minimum atomic E-state index is -3.73. The molecule has 0 spiro atoms. The first-order valence-electron chi connectivity index (χ1n) is 6.13. The van der Waals surface area contributed by atoms with Gasteiger partial charge in [-0.1, -0.05) is 0 Å². The Bertz CT molecular complexity index is 569. The second-order valence-electron chi connectivity index (χ2n) is 4.66. The van der Waals surface area contributed by atoms with E-state index in [-0.39, 0.29) is 11.4 Å². The van der Waals surface area contributed by atoms with Gasteiger partial charge in [0.1, 0.15) is 10.6 Å². The van der Waals surface area contributed by atoms with E-state index in [9.17, 15) is 13.5 Å². The molecule has 1 aromatic rings. The molecule has 4 N–H and O–H groups in total. The Kier molecular flexibility index (Phi) is 3.98. The molecule has 1 aromatic carbocycles. The lowest BCUT2D eigenvalue weighted by atomic mass is 10.1. The van der Waals surface area contributed by atoms with Crippen LogP contribution in [0.15, 0.2) is 17.0 Å². The van der Waals surface area contributed by atoms with Crippen LogP contribution in [0.1, 0.15) is 18.9 Å². The zero-order valence-electron chi connectivity index (χ0n) is 10.7. The summed E-state index contributed by atoms with van der Waals surface area (Å²) < 4.78 is 32.2. The number of benzene rings is 1. The number of ether oxygens (including phenoxy) is 1. The molecular weight excluding hydrogens is 268 g/mol. The number of sulfonamides is 1. The second kappa shape index (κ2) is 5.36. The maximum Gasteiger partial charge on any atom is 0.244 e. The number of hydrogen-bond acceptors (Lipinski definition) is 5. The quantitative estimate of drug-likeness (QED) is 0.689. The fourth-order valence-corrected chi connectivity index (χ4v) is 3.32. The summed E-state index contributed by atoms with van der Waals surface area (Å²) in [4.78, 5) is 0.0443. The number of hydrogen-bond donors (Lipinski definition) is 3. The van der Waals surface area contributed by atoms with Gasteiger partial charge in [0, 0.05) is 12.2 Å². The number of nitrogens with two attached hydrogens (primary N) is 1. The SMILES string of the molecule is C[C@H](O)CNS(=O)(=O)c1cc(N)cc2c1OCCC2. The van der Waals surface area contributed by atoms with E-state index in [0.717, 1.165) is 18.4 Å². The standard InChI is InChI=1S/C12H18N2O4S/c1-8(15)7-14-19(16,17)11-6-10(13)5-9-3-2-4-18-12(9)11/h5-6,8,14-15H,2-4,7,13H2,1H3/t8-/m0/s1. The molecule has 0 fully saturated rings. The van der Waals surface area contributed by atoms with E-state index < -0.39 is 16.1 Å². The Morgan fingerprint density at radius 2 is 2.26 bits per heavy atom. The predicted molar refractivity (Wildman–Crippen MR) is 71.5 cm³/mol. The number of aliphatic hydroxyl groups excluding tert-OH is 1. The molecule has 1 aliphatic rings. The maximum atomic E-state index is 12.2. The lowest BCUT2D eigenvalue weighted by Gasteiger charge is -2.21. The van der Waals surface area contributed by atoms with Gasteiger partial charge in [0.25, 0.3) is 0 Å². The lowest BCUT2D eigenvalue weighted by molar-refractivity contribution is 0.198. The lowest BCUT2D eigenvalue weighted by Crippen LogP contribution is -2.31. The molecule has 2 rings (SSSR count). The smallest absolute Gasteiger partial charge is 0.244 e. The molecule has 0 aromatic heterocycles. The normalized spacial score (nSPS) is 16.5. The van der Waals surface area contributed by atoms with Gasteiger partial charge in [-0.3, -0.25) is 0 Å². The molecule has 0 unspecified atom stereocenters. The topological polar surface area (TPSA) is 102 Å². The molecule has 106 valence electrons. The molecular formula is C12H18N2O4S. The van der Waals surface area contributed by atoms with Crippen LogP contribution >= 0.6 is 0 Å². The van der Waals surface area contributed by atoms with Crippen molar-refractivity contribution >= 4 is 15.7 Å². The summed E-state index contributed by atoms with van der Waals surface area (Å²) in [6.07, 6.45) is 0.837. The number of nitrogens with one attached hydrogen (secondary N) is 1. The van der Waals surface area contributed by atoms with Gasteiger partial charge in [0.2, 0.25) is 10.0 Å². The third kappa shape index (κ3) is 3.17. The van der Waals surface area contributed by atoms with Crippen LogP contribution in [0.5, 0.6) is 5.75 Å². The monoisotopic (exact) mass is 286 g/mol.